The molecule has 1 heterocycles. The first kappa shape index (κ1) is 17.1. The van der Waals surface area contributed by atoms with Gasteiger partial charge < -0.3 is 10.2 Å². The van der Waals surface area contributed by atoms with Gasteiger partial charge >= 0.3 is 5.69 Å². The summed E-state index contributed by atoms with van der Waals surface area (Å²) in [7, 11) is 1.83. The highest BCUT2D eigenvalue weighted by molar-refractivity contribution is 5.70. The van der Waals surface area contributed by atoms with E-state index in [1.54, 1.807) is 0 Å². The maximum Gasteiger partial charge on any atom is 0.353 e. The number of aromatic nitrogens is 2. The quantitative estimate of drug-likeness (QED) is 0.641. The predicted octanol–water partition coefficient (Wildman–Crippen LogP) is 3.08. The molecule has 0 bridgehead atoms. The molecule has 21 heavy (non-hydrogen) atoms. The maximum atomic E-state index is 11.4. The Labute approximate surface area is 125 Å². The molecule has 0 spiro atoms. The first-order chi connectivity index (χ1) is 9.70. The zero-order valence-electron chi connectivity index (χ0n) is 13.7. The van der Waals surface area contributed by atoms with Crippen LogP contribution in [0.2, 0.25) is 0 Å². The first-order valence-electron chi connectivity index (χ1n) is 7.16. The molecule has 1 aromatic rings. The van der Waals surface area contributed by atoms with Gasteiger partial charge in [0.2, 0.25) is 11.6 Å². The van der Waals surface area contributed by atoms with E-state index in [4.69, 9.17) is 0 Å². The number of rotatable bonds is 6. The van der Waals surface area contributed by atoms with Gasteiger partial charge in [-0.1, -0.05) is 27.7 Å². The van der Waals surface area contributed by atoms with Crippen LogP contribution in [0.1, 0.15) is 41.0 Å². The highest BCUT2D eigenvalue weighted by atomic mass is 16.6. The molecule has 118 valence electrons. The van der Waals surface area contributed by atoms with Crippen molar-refractivity contribution in [3.63, 3.8) is 0 Å². The molecule has 0 radical (unpaired) electrons. The summed E-state index contributed by atoms with van der Waals surface area (Å²) in [4.78, 5) is 21.0. The fourth-order valence-electron chi connectivity index (χ4n) is 1.93. The van der Waals surface area contributed by atoms with E-state index >= 15 is 0 Å². The minimum absolute atomic E-state index is 0.0232. The van der Waals surface area contributed by atoms with Gasteiger partial charge in [0.25, 0.3) is 0 Å². The smallest absolute Gasteiger partial charge is 0.353 e. The van der Waals surface area contributed by atoms with Crippen molar-refractivity contribution in [2.75, 3.05) is 23.8 Å². The molecule has 0 saturated heterocycles. The first-order valence-corrected chi connectivity index (χ1v) is 7.16. The molecule has 1 N–H and O–H groups in total. The van der Waals surface area contributed by atoms with Crippen LogP contribution in [-0.4, -0.2) is 34.5 Å². The molecule has 0 aliphatic rings. The highest BCUT2D eigenvalue weighted by Crippen LogP contribution is 2.35. The third-order valence-electron chi connectivity index (χ3n) is 3.70. The Morgan fingerprint density at radius 2 is 2.05 bits per heavy atom. The Kier molecular flexibility index (Phi) is 5.46. The topological polar surface area (TPSA) is 84.2 Å². The molecule has 1 unspecified atom stereocenters. The Bertz CT molecular complexity index is 499. The number of anilines is 2. The normalized spacial score (nSPS) is 12.9. The van der Waals surface area contributed by atoms with Crippen molar-refractivity contribution in [3.8, 4) is 0 Å². The Morgan fingerprint density at radius 3 is 2.52 bits per heavy atom. The van der Waals surface area contributed by atoms with Gasteiger partial charge in [0.1, 0.15) is 6.33 Å². The number of nitrogens with zero attached hydrogens (tertiary/aromatic N) is 4. The average Bonchev–Trinajstić information content (AvgIpc) is 2.41. The van der Waals surface area contributed by atoms with Gasteiger partial charge in [-0.2, -0.15) is 0 Å². The van der Waals surface area contributed by atoms with Crippen molar-refractivity contribution in [1.82, 2.24) is 9.97 Å². The molecule has 7 nitrogen and oxygen atoms in total. The number of hydrogen-bond acceptors (Lipinski definition) is 6. The van der Waals surface area contributed by atoms with Gasteiger partial charge in [-0.15, -0.1) is 0 Å². The fourth-order valence-corrected chi connectivity index (χ4v) is 1.93. The summed E-state index contributed by atoms with van der Waals surface area (Å²) in [6.07, 6.45) is 2.23. The predicted molar refractivity (Wildman–Crippen MR) is 84.8 cm³/mol. The van der Waals surface area contributed by atoms with Crippen LogP contribution in [0.4, 0.5) is 17.3 Å². The van der Waals surface area contributed by atoms with Crippen molar-refractivity contribution < 1.29 is 4.92 Å². The van der Waals surface area contributed by atoms with Crippen molar-refractivity contribution in [1.29, 1.82) is 0 Å². The highest BCUT2D eigenvalue weighted by Gasteiger charge is 2.31. The van der Waals surface area contributed by atoms with E-state index in [1.807, 2.05) is 25.8 Å². The van der Waals surface area contributed by atoms with Crippen LogP contribution >= 0.6 is 0 Å². The van der Waals surface area contributed by atoms with Crippen molar-refractivity contribution >= 4 is 17.3 Å². The molecular weight excluding hydrogens is 270 g/mol. The average molecular weight is 295 g/mol. The van der Waals surface area contributed by atoms with E-state index in [-0.39, 0.29) is 23.0 Å². The largest absolute Gasteiger partial charge is 0.364 e. The molecule has 1 atom stereocenters. The summed E-state index contributed by atoms with van der Waals surface area (Å²) >= 11 is 0. The Balaban J connectivity index is 3.26. The lowest BCUT2D eigenvalue weighted by Crippen LogP contribution is -2.40. The standard InChI is InChI=1S/C14H25N5O2/c1-7-8-15-12-11(19(20)21)13(17-9-16-12)18(6)10(2)14(3,4)5/h9-10H,7-8H2,1-6H3,(H,15,16,17). The lowest BCUT2D eigenvalue weighted by molar-refractivity contribution is -0.383. The van der Waals surface area contributed by atoms with Gasteiger partial charge in [0, 0.05) is 19.6 Å². The summed E-state index contributed by atoms with van der Waals surface area (Å²) in [6.45, 7) is 10.9. The van der Waals surface area contributed by atoms with E-state index in [1.165, 1.54) is 6.33 Å². The van der Waals surface area contributed by atoms with Crippen LogP contribution < -0.4 is 10.2 Å². The summed E-state index contributed by atoms with van der Waals surface area (Å²) in [6, 6.07) is 0.0881. The van der Waals surface area contributed by atoms with E-state index in [0.717, 1.165) is 6.42 Å². The molecule has 0 fully saturated rings. The number of hydrogen-bond donors (Lipinski definition) is 1. The Hall–Kier alpha value is -1.92. The number of nitro groups is 1. The molecular formula is C14H25N5O2. The fraction of sp³-hybridized carbons (Fsp3) is 0.714. The summed E-state index contributed by atoms with van der Waals surface area (Å²) in [5, 5.41) is 14.4. The molecule has 0 aliphatic heterocycles. The molecule has 1 rings (SSSR count). The zero-order chi connectivity index (χ0) is 16.2. The van der Waals surface area contributed by atoms with Crippen LogP contribution in [0.25, 0.3) is 0 Å². The lowest BCUT2D eigenvalue weighted by Gasteiger charge is -2.35. The summed E-state index contributed by atoms with van der Waals surface area (Å²) in [5.74, 6) is 0.621. The third kappa shape index (κ3) is 4.03. The summed E-state index contributed by atoms with van der Waals surface area (Å²) < 4.78 is 0. The van der Waals surface area contributed by atoms with Gasteiger partial charge in [0.15, 0.2) is 0 Å². The summed E-state index contributed by atoms with van der Waals surface area (Å²) in [5.41, 5.74) is -0.0885. The van der Waals surface area contributed by atoms with Crippen LogP contribution in [0.15, 0.2) is 6.33 Å². The van der Waals surface area contributed by atoms with Crippen LogP contribution in [0.3, 0.4) is 0 Å². The Morgan fingerprint density at radius 1 is 1.43 bits per heavy atom. The SMILES string of the molecule is CCCNc1ncnc(N(C)C(C)C(C)(C)C)c1[N+](=O)[O-]. The van der Waals surface area contributed by atoms with Crippen molar-refractivity contribution in [2.45, 2.75) is 47.1 Å². The molecule has 0 aliphatic carbocycles. The van der Waals surface area contributed by atoms with Crippen LogP contribution in [0, 0.1) is 15.5 Å². The number of nitrogens with one attached hydrogen (secondary N) is 1. The van der Waals surface area contributed by atoms with Gasteiger partial charge in [-0.05, 0) is 18.8 Å². The second-order valence-corrected chi connectivity index (χ2v) is 6.23. The van der Waals surface area contributed by atoms with E-state index in [9.17, 15) is 10.1 Å². The minimum Gasteiger partial charge on any atom is -0.364 e. The van der Waals surface area contributed by atoms with Crippen LogP contribution in [-0.2, 0) is 0 Å². The van der Waals surface area contributed by atoms with E-state index in [2.05, 4.69) is 36.1 Å². The van der Waals surface area contributed by atoms with Crippen LogP contribution in [0.5, 0.6) is 0 Å². The van der Waals surface area contributed by atoms with Gasteiger partial charge in [-0.3, -0.25) is 10.1 Å². The van der Waals surface area contributed by atoms with E-state index < -0.39 is 4.92 Å². The molecule has 0 aromatic carbocycles. The van der Waals surface area contributed by atoms with Gasteiger partial charge in [0.05, 0.1) is 4.92 Å². The van der Waals surface area contributed by atoms with Gasteiger partial charge in [-0.25, -0.2) is 9.97 Å². The van der Waals surface area contributed by atoms with Crippen molar-refractivity contribution in [2.24, 2.45) is 5.41 Å². The molecule has 7 heteroatoms. The van der Waals surface area contributed by atoms with Crippen molar-refractivity contribution in [3.05, 3.63) is 16.4 Å². The van der Waals surface area contributed by atoms with E-state index in [0.29, 0.717) is 12.4 Å². The minimum atomic E-state index is -0.417. The monoisotopic (exact) mass is 295 g/mol. The molecule has 1 aromatic heterocycles. The zero-order valence-corrected chi connectivity index (χ0v) is 13.7. The molecule has 0 amide bonds. The second-order valence-electron chi connectivity index (χ2n) is 6.23. The maximum absolute atomic E-state index is 11.4. The third-order valence-corrected chi connectivity index (χ3v) is 3.70. The second kappa shape index (κ2) is 6.69. The molecule has 0 saturated carbocycles. The lowest BCUT2D eigenvalue weighted by atomic mass is 9.87.